The normalized spacial score (nSPS) is 14.2. The van der Waals surface area contributed by atoms with E-state index in [4.69, 9.17) is 14.2 Å². The van der Waals surface area contributed by atoms with Gasteiger partial charge in [0.05, 0.1) is 6.61 Å². The maximum absolute atomic E-state index is 12.8. The van der Waals surface area contributed by atoms with Crippen LogP contribution in [0.1, 0.15) is 23.7 Å². The number of hydrogen-bond acceptors (Lipinski definition) is 5. The molecule has 6 nitrogen and oxygen atoms in total. The molecule has 1 fully saturated rings. The quantitative estimate of drug-likeness (QED) is 0.709. The summed E-state index contributed by atoms with van der Waals surface area (Å²) in [6.45, 7) is 6.50. The van der Waals surface area contributed by atoms with Gasteiger partial charge in [-0.2, -0.15) is 0 Å². The maximum atomic E-state index is 12.8. The minimum absolute atomic E-state index is 0.0311. The molecule has 0 atom stereocenters. The van der Waals surface area contributed by atoms with E-state index < -0.39 is 0 Å². The van der Waals surface area contributed by atoms with Crippen LogP contribution in [-0.4, -0.2) is 56.8 Å². The molecule has 2 aromatic carbocycles. The van der Waals surface area contributed by atoms with Gasteiger partial charge >= 0.3 is 0 Å². The van der Waals surface area contributed by atoms with E-state index >= 15 is 0 Å². The number of nitrogens with zero attached hydrogens (tertiary/aromatic N) is 1. The second-order valence-corrected chi connectivity index (χ2v) is 6.50. The van der Waals surface area contributed by atoms with E-state index in [-0.39, 0.29) is 5.91 Å². The molecule has 28 heavy (non-hydrogen) atoms. The third-order valence-corrected chi connectivity index (χ3v) is 4.47. The van der Waals surface area contributed by atoms with E-state index in [1.807, 2.05) is 42.2 Å². The first kappa shape index (κ1) is 20.0. The summed E-state index contributed by atoms with van der Waals surface area (Å²) in [6.07, 6.45) is 0.965. The molecule has 2 aromatic rings. The Bertz CT molecular complexity index is 743. The van der Waals surface area contributed by atoms with E-state index in [9.17, 15) is 4.79 Å². The summed E-state index contributed by atoms with van der Waals surface area (Å²) >= 11 is 0. The van der Waals surface area contributed by atoms with Crippen LogP contribution in [0.25, 0.3) is 0 Å². The lowest BCUT2D eigenvalue weighted by Gasteiger charge is -2.21. The monoisotopic (exact) mass is 384 g/mol. The van der Waals surface area contributed by atoms with Gasteiger partial charge in [0.15, 0.2) is 11.5 Å². The predicted octanol–water partition coefficient (Wildman–Crippen LogP) is 2.98. The van der Waals surface area contributed by atoms with Crippen LogP contribution in [0.4, 0.5) is 0 Å². The van der Waals surface area contributed by atoms with E-state index in [1.54, 1.807) is 18.2 Å². The predicted molar refractivity (Wildman–Crippen MR) is 108 cm³/mol. The van der Waals surface area contributed by atoms with Crippen LogP contribution in [-0.2, 0) is 0 Å². The maximum Gasteiger partial charge on any atom is 0.254 e. The number of para-hydroxylation sites is 1. The summed E-state index contributed by atoms with van der Waals surface area (Å²) in [5.74, 6) is 2.04. The highest BCUT2D eigenvalue weighted by Gasteiger charge is 2.19. The number of amides is 1. The zero-order valence-electron chi connectivity index (χ0n) is 16.4. The lowest BCUT2D eigenvalue weighted by molar-refractivity contribution is 0.0765. The molecule has 0 spiro atoms. The zero-order valence-corrected chi connectivity index (χ0v) is 16.4. The molecule has 0 radical (unpaired) electrons. The number of ether oxygens (including phenoxy) is 3. The molecule has 0 aliphatic carbocycles. The molecule has 1 amide bonds. The third-order valence-electron chi connectivity index (χ3n) is 4.47. The van der Waals surface area contributed by atoms with Gasteiger partial charge in [-0.25, -0.2) is 0 Å². The number of carbonyl (C=O) groups excluding carboxylic acids is 1. The van der Waals surface area contributed by atoms with Crippen LogP contribution in [0.2, 0.25) is 0 Å². The van der Waals surface area contributed by atoms with Crippen LogP contribution in [0.15, 0.2) is 48.5 Å². The van der Waals surface area contributed by atoms with Gasteiger partial charge in [0.2, 0.25) is 0 Å². The van der Waals surface area contributed by atoms with Crippen molar-refractivity contribution in [3.63, 3.8) is 0 Å². The first-order valence-corrected chi connectivity index (χ1v) is 9.85. The second-order valence-electron chi connectivity index (χ2n) is 6.50. The highest BCUT2D eigenvalue weighted by molar-refractivity contribution is 5.95. The Kier molecular flexibility index (Phi) is 7.55. The molecule has 0 saturated carbocycles. The number of benzene rings is 2. The Morgan fingerprint density at radius 3 is 2.61 bits per heavy atom. The number of hydrogen-bond donors (Lipinski definition) is 1. The zero-order chi connectivity index (χ0) is 19.6. The van der Waals surface area contributed by atoms with Gasteiger partial charge in [-0.3, -0.25) is 4.79 Å². The molecular formula is C22H28N2O4. The van der Waals surface area contributed by atoms with Crippen molar-refractivity contribution in [1.29, 1.82) is 0 Å². The molecule has 1 aliphatic rings. The smallest absolute Gasteiger partial charge is 0.254 e. The van der Waals surface area contributed by atoms with E-state index in [0.717, 1.165) is 38.3 Å². The lowest BCUT2D eigenvalue weighted by Crippen LogP contribution is -2.34. The Balaban J connectivity index is 1.60. The summed E-state index contributed by atoms with van der Waals surface area (Å²) in [5.41, 5.74) is 0.623. The molecule has 0 aromatic heterocycles. The van der Waals surface area contributed by atoms with Crippen molar-refractivity contribution < 1.29 is 19.0 Å². The Morgan fingerprint density at radius 1 is 0.964 bits per heavy atom. The van der Waals surface area contributed by atoms with Gasteiger partial charge in [-0.15, -0.1) is 0 Å². The van der Waals surface area contributed by atoms with Gasteiger partial charge in [0, 0.05) is 25.2 Å². The standard InChI is InChI=1S/C22H28N2O4/c1-2-26-21-17-18(22(25)24-13-6-11-23-12-14-24)9-10-20(21)28-16-15-27-19-7-4-3-5-8-19/h3-5,7-10,17,23H,2,6,11-16H2,1H3. The van der Waals surface area contributed by atoms with Crippen molar-refractivity contribution in [3.05, 3.63) is 54.1 Å². The van der Waals surface area contributed by atoms with E-state index in [0.29, 0.717) is 36.9 Å². The van der Waals surface area contributed by atoms with Crippen molar-refractivity contribution in [2.45, 2.75) is 13.3 Å². The van der Waals surface area contributed by atoms with Crippen LogP contribution in [0.5, 0.6) is 17.2 Å². The molecule has 0 unspecified atom stereocenters. The van der Waals surface area contributed by atoms with Crippen molar-refractivity contribution in [2.75, 3.05) is 46.0 Å². The number of nitrogens with one attached hydrogen (secondary N) is 1. The van der Waals surface area contributed by atoms with Gasteiger partial charge in [-0.05, 0) is 50.2 Å². The molecule has 0 bridgehead atoms. The van der Waals surface area contributed by atoms with Crippen LogP contribution >= 0.6 is 0 Å². The van der Waals surface area contributed by atoms with Gasteiger partial charge in [0.25, 0.3) is 5.91 Å². The average Bonchev–Trinajstić information content (AvgIpc) is 3.02. The van der Waals surface area contributed by atoms with Gasteiger partial charge < -0.3 is 24.4 Å². The lowest BCUT2D eigenvalue weighted by atomic mass is 10.1. The highest BCUT2D eigenvalue weighted by atomic mass is 16.5. The number of carbonyl (C=O) groups is 1. The molecule has 150 valence electrons. The van der Waals surface area contributed by atoms with Gasteiger partial charge in [-0.1, -0.05) is 18.2 Å². The minimum Gasteiger partial charge on any atom is -0.490 e. The molecule has 1 N–H and O–H groups in total. The summed E-state index contributed by atoms with van der Waals surface area (Å²) < 4.78 is 17.2. The van der Waals surface area contributed by atoms with Crippen LogP contribution in [0.3, 0.4) is 0 Å². The molecule has 1 aliphatic heterocycles. The average molecular weight is 384 g/mol. The van der Waals surface area contributed by atoms with Crippen molar-refractivity contribution >= 4 is 5.91 Å². The van der Waals surface area contributed by atoms with E-state index in [2.05, 4.69) is 5.32 Å². The van der Waals surface area contributed by atoms with E-state index in [1.165, 1.54) is 0 Å². The Hall–Kier alpha value is -2.73. The SMILES string of the molecule is CCOc1cc(C(=O)N2CCCNCC2)ccc1OCCOc1ccccc1. The van der Waals surface area contributed by atoms with Crippen molar-refractivity contribution in [3.8, 4) is 17.2 Å². The molecule has 1 heterocycles. The summed E-state index contributed by atoms with van der Waals surface area (Å²) in [4.78, 5) is 14.7. The first-order chi connectivity index (χ1) is 13.8. The fourth-order valence-electron chi connectivity index (χ4n) is 3.09. The topological polar surface area (TPSA) is 60.0 Å². The van der Waals surface area contributed by atoms with Crippen molar-refractivity contribution in [1.82, 2.24) is 10.2 Å². The largest absolute Gasteiger partial charge is 0.490 e. The Morgan fingerprint density at radius 2 is 1.79 bits per heavy atom. The fraction of sp³-hybridized carbons (Fsp3) is 0.409. The summed E-state index contributed by atoms with van der Waals surface area (Å²) in [7, 11) is 0. The van der Waals surface area contributed by atoms with Crippen molar-refractivity contribution in [2.24, 2.45) is 0 Å². The Labute approximate surface area is 166 Å². The van der Waals surface area contributed by atoms with Gasteiger partial charge in [0.1, 0.15) is 19.0 Å². The third kappa shape index (κ3) is 5.63. The minimum atomic E-state index is 0.0311. The van der Waals surface area contributed by atoms with Crippen LogP contribution < -0.4 is 19.5 Å². The van der Waals surface area contributed by atoms with Crippen LogP contribution in [0, 0.1) is 0 Å². The number of rotatable bonds is 8. The molecular weight excluding hydrogens is 356 g/mol. The first-order valence-electron chi connectivity index (χ1n) is 9.85. The molecule has 6 heteroatoms. The summed E-state index contributed by atoms with van der Waals surface area (Å²) in [5, 5.41) is 3.31. The summed E-state index contributed by atoms with van der Waals surface area (Å²) in [6, 6.07) is 15.0. The molecule has 1 saturated heterocycles. The highest BCUT2D eigenvalue weighted by Crippen LogP contribution is 2.29. The second kappa shape index (κ2) is 10.6. The molecule has 3 rings (SSSR count). The fourth-order valence-corrected chi connectivity index (χ4v) is 3.09.